The van der Waals surface area contributed by atoms with Crippen LogP contribution < -0.4 is 5.32 Å². The summed E-state index contributed by atoms with van der Waals surface area (Å²) in [6.07, 6.45) is 4.43. The smallest absolute Gasteiger partial charge is 0.273 e. The molecule has 2 N–H and O–H groups in total. The van der Waals surface area contributed by atoms with Crippen LogP contribution >= 0.6 is 11.6 Å². The van der Waals surface area contributed by atoms with Gasteiger partial charge >= 0.3 is 0 Å². The van der Waals surface area contributed by atoms with Crippen LogP contribution in [0.5, 0.6) is 0 Å². The first-order valence-electron chi connectivity index (χ1n) is 7.15. The standard InChI is InChI=1S/C14H18ClN5O2/c1-8-11(15)12(19-20(8)2)14(21)16-5-9-3-4-22-13(9)10-6-17-18-7-10/h6-7,9,13H,3-5H2,1-2H3,(H,16,21)(H,17,18)/t9-,13+/m1/s1. The molecule has 0 bridgehead atoms. The molecule has 3 rings (SSSR count). The van der Waals surface area contributed by atoms with Gasteiger partial charge in [0.25, 0.3) is 5.91 Å². The molecule has 2 aromatic rings. The SMILES string of the molecule is Cc1c(Cl)c(C(=O)NC[C@H]2CCO[C@@H]2c2cn[nH]c2)nn1C. The fraction of sp³-hybridized carbons (Fsp3) is 0.500. The number of carbonyl (C=O) groups excluding carboxylic acids is 1. The number of aryl methyl sites for hydroxylation is 1. The van der Waals surface area contributed by atoms with Crippen LogP contribution in [0.2, 0.25) is 5.02 Å². The maximum atomic E-state index is 12.3. The lowest BCUT2D eigenvalue weighted by Gasteiger charge is -2.17. The zero-order chi connectivity index (χ0) is 15.7. The minimum Gasteiger partial charge on any atom is -0.373 e. The third kappa shape index (κ3) is 2.74. The first-order chi connectivity index (χ1) is 10.6. The number of aromatic amines is 1. The van der Waals surface area contributed by atoms with Crippen molar-refractivity contribution in [1.29, 1.82) is 0 Å². The Bertz CT molecular complexity index is 667. The summed E-state index contributed by atoms with van der Waals surface area (Å²) in [6.45, 7) is 3.02. The van der Waals surface area contributed by atoms with E-state index in [1.54, 1.807) is 17.9 Å². The summed E-state index contributed by atoms with van der Waals surface area (Å²) >= 11 is 6.13. The van der Waals surface area contributed by atoms with E-state index in [4.69, 9.17) is 16.3 Å². The van der Waals surface area contributed by atoms with Crippen molar-refractivity contribution in [3.8, 4) is 0 Å². The summed E-state index contributed by atoms with van der Waals surface area (Å²) in [4.78, 5) is 12.3. The zero-order valence-corrected chi connectivity index (χ0v) is 13.2. The van der Waals surface area contributed by atoms with Crippen molar-refractivity contribution in [2.24, 2.45) is 13.0 Å². The number of rotatable bonds is 4. The maximum Gasteiger partial charge on any atom is 0.273 e. The number of hydrogen-bond donors (Lipinski definition) is 2. The molecule has 1 amide bonds. The lowest BCUT2D eigenvalue weighted by atomic mass is 9.97. The number of hydrogen-bond acceptors (Lipinski definition) is 4. The van der Waals surface area contributed by atoms with E-state index in [1.807, 2.05) is 13.1 Å². The minimum absolute atomic E-state index is 0.0417. The van der Waals surface area contributed by atoms with Crippen LogP contribution in [0.3, 0.4) is 0 Å². The highest BCUT2D eigenvalue weighted by atomic mass is 35.5. The molecule has 0 aliphatic carbocycles. The Hall–Kier alpha value is -1.86. The Morgan fingerprint density at radius 1 is 1.64 bits per heavy atom. The summed E-state index contributed by atoms with van der Waals surface area (Å²) in [6, 6.07) is 0. The van der Waals surface area contributed by atoms with E-state index in [0.29, 0.717) is 18.2 Å². The van der Waals surface area contributed by atoms with Crippen LogP contribution in [0.15, 0.2) is 12.4 Å². The normalized spacial score (nSPS) is 21.2. The third-order valence-corrected chi connectivity index (χ3v) is 4.52. The second kappa shape index (κ2) is 6.10. The van der Waals surface area contributed by atoms with Crippen molar-refractivity contribution in [3.05, 3.63) is 34.4 Å². The molecule has 0 aromatic carbocycles. The van der Waals surface area contributed by atoms with Crippen molar-refractivity contribution in [2.45, 2.75) is 19.4 Å². The number of nitrogens with zero attached hydrogens (tertiary/aromatic N) is 3. The van der Waals surface area contributed by atoms with Gasteiger partial charge in [-0.25, -0.2) is 0 Å². The summed E-state index contributed by atoms with van der Waals surface area (Å²) in [7, 11) is 1.76. The van der Waals surface area contributed by atoms with Gasteiger partial charge in [-0.1, -0.05) is 11.6 Å². The maximum absolute atomic E-state index is 12.3. The number of carbonyl (C=O) groups is 1. The molecular weight excluding hydrogens is 306 g/mol. The molecule has 1 fully saturated rings. The highest BCUT2D eigenvalue weighted by molar-refractivity contribution is 6.34. The molecule has 1 saturated heterocycles. The van der Waals surface area contributed by atoms with Gasteiger partial charge in [-0.05, 0) is 13.3 Å². The van der Waals surface area contributed by atoms with E-state index in [2.05, 4.69) is 20.6 Å². The van der Waals surface area contributed by atoms with Crippen LogP contribution in [0, 0.1) is 12.8 Å². The predicted molar refractivity (Wildman–Crippen MR) is 80.7 cm³/mol. The fourth-order valence-corrected chi connectivity index (χ4v) is 2.91. The van der Waals surface area contributed by atoms with E-state index >= 15 is 0 Å². The third-order valence-electron chi connectivity index (χ3n) is 4.06. The number of nitrogens with one attached hydrogen (secondary N) is 2. The first kappa shape index (κ1) is 15.1. The van der Waals surface area contributed by atoms with Crippen LogP contribution in [0.1, 0.15) is 34.3 Å². The predicted octanol–water partition coefficient (Wildman–Crippen LogP) is 1.61. The molecule has 0 radical (unpaired) electrons. The highest BCUT2D eigenvalue weighted by Crippen LogP contribution is 2.33. The van der Waals surface area contributed by atoms with Gasteiger partial charge in [-0.15, -0.1) is 0 Å². The lowest BCUT2D eigenvalue weighted by Crippen LogP contribution is -2.31. The number of H-pyrrole nitrogens is 1. The Kier molecular flexibility index (Phi) is 4.17. The summed E-state index contributed by atoms with van der Waals surface area (Å²) in [5.74, 6) is -0.0447. The van der Waals surface area contributed by atoms with Gasteiger partial charge in [-0.2, -0.15) is 10.2 Å². The van der Waals surface area contributed by atoms with Crippen molar-refractivity contribution in [3.63, 3.8) is 0 Å². The Morgan fingerprint density at radius 2 is 2.45 bits per heavy atom. The Balaban J connectivity index is 1.64. The molecular formula is C14H18ClN5O2. The fourth-order valence-electron chi connectivity index (χ4n) is 2.66. The van der Waals surface area contributed by atoms with Crippen LogP contribution in [0.25, 0.3) is 0 Å². The van der Waals surface area contributed by atoms with Gasteiger partial charge in [-0.3, -0.25) is 14.6 Å². The Morgan fingerprint density at radius 3 is 3.09 bits per heavy atom. The zero-order valence-electron chi connectivity index (χ0n) is 12.5. The van der Waals surface area contributed by atoms with Gasteiger partial charge in [0.15, 0.2) is 5.69 Å². The monoisotopic (exact) mass is 323 g/mol. The second-order valence-corrected chi connectivity index (χ2v) is 5.83. The van der Waals surface area contributed by atoms with Crippen molar-refractivity contribution < 1.29 is 9.53 Å². The molecule has 2 atom stereocenters. The number of ether oxygens (including phenoxy) is 1. The molecule has 3 heterocycles. The number of aromatic nitrogens is 4. The van der Waals surface area contributed by atoms with Crippen molar-refractivity contribution in [2.75, 3.05) is 13.2 Å². The van der Waals surface area contributed by atoms with E-state index in [9.17, 15) is 4.79 Å². The quantitative estimate of drug-likeness (QED) is 0.895. The largest absolute Gasteiger partial charge is 0.373 e. The molecule has 0 spiro atoms. The average molecular weight is 324 g/mol. The highest BCUT2D eigenvalue weighted by Gasteiger charge is 2.31. The molecule has 118 valence electrons. The van der Waals surface area contributed by atoms with Gasteiger partial charge in [0.05, 0.1) is 23.0 Å². The molecule has 8 heteroatoms. The summed E-state index contributed by atoms with van der Waals surface area (Å²) in [5, 5.41) is 14.2. The van der Waals surface area contributed by atoms with Crippen LogP contribution in [-0.4, -0.2) is 39.0 Å². The molecule has 0 unspecified atom stereocenters. The molecule has 7 nitrogen and oxygen atoms in total. The van der Waals surface area contributed by atoms with Gasteiger partial charge in [0.1, 0.15) is 0 Å². The molecule has 22 heavy (non-hydrogen) atoms. The van der Waals surface area contributed by atoms with Crippen LogP contribution in [-0.2, 0) is 11.8 Å². The van der Waals surface area contributed by atoms with Crippen molar-refractivity contribution >= 4 is 17.5 Å². The topological polar surface area (TPSA) is 84.8 Å². The van der Waals surface area contributed by atoms with E-state index in [-0.39, 0.29) is 23.6 Å². The van der Waals surface area contributed by atoms with Gasteiger partial charge < -0.3 is 10.1 Å². The average Bonchev–Trinajstić information content (AvgIpc) is 3.22. The van der Waals surface area contributed by atoms with E-state index in [0.717, 1.165) is 17.7 Å². The molecule has 1 aliphatic rings. The van der Waals surface area contributed by atoms with E-state index < -0.39 is 0 Å². The number of halogens is 1. The minimum atomic E-state index is -0.258. The summed E-state index contributed by atoms with van der Waals surface area (Å²) < 4.78 is 7.34. The number of amides is 1. The van der Waals surface area contributed by atoms with Gasteiger partial charge in [0.2, 0.25) is 0 Å². The van der Waals surface area contributed by atoms with E-state index in [1.165, 1.54) is 0 Å². The Labute approximate surface area is 133 Å². The van der Waals surface area contributed by atoms with Gasteiger partial charge in [0, 0.05) is 37.9 Å². The first-order valence-corrected chi connectivity index (χ1v) is 7.53. The lowest BCUT2D eigenvalue weighted by molar-refractivity contribution is 0.0844. The van der Waals surface area contributed by atoms with Crippen molar-refractivity contribution in [1.82, 2.24) is 25.3 Å². The second-order valence-electron chi connectivity index (χ2n) is 5.45. The molecule has 1 aliphatic heterocycles. The molecule has 2 aromatic heterocycles. The van der Waals surface area contributed by atoms with Crippen LogP contribution in [0.4, 0.5) is 0 Å². The molecule has 0 saturated carbocycles. The summed E-state index contributed by atoms with van der Waals surface area (Å²) in [5.41, 5.74) is 2.04.